The van der Waals surface area contributed by atoms with Crippen LogP contribution in [0.25, 0.3) is 11.1 Å². The van der Waals surface area contributed by atoms with Crippen molar-refractivity contribution in [2.24, 2.45) is 0 Å². The lowest BCUT2D eigenvalue weighted by Gasteiger charge is -2.05. The summed E-state index contributed by atoms with van der Waals surface area (Å²) in [5.74, 6) is -4.80. The van der Waals surface area contributed by atoms with Crippen molar-refractivity contribution in [3.63, 3.8) is 0 Å². The maximum Gasteiger partial charge on any atom is 0.335 e. The minimum atomic E-state index is -1.20. The summed E-state index contributed by atoms with van der Waals surface area (Å²) in [5.41, 5.74) is 2.51. The molecule has 0 aliphatic rings. The lowest BCUT2D eigenvalue weighted by Crippen LogP contribution is -2.33. The summed E-state index contributed by atoms with van der Waals surface area (Å²) in [7, 11) is 0. The molecular formula is C28H22N2O8+2. The van der Waals surface area contributed by atoms with Gasteiger partial charge in [0.05, 0.1) is 22.3 Å². The van der Waals surface area contributed by atoms with Crippen LogP contribution >= 0.6 is 0 Å². The standard InChI is InChI=1S/C28H20N2O8/c31-25(32)21-9-17(10-22(13-21)26(33)34)15-29-5-1-19(2-6-29)20-3-7-30(8-4-20)16-18-11-23(27(35)36)14-24(12-18)28(37)38/h1-14H,15-16H2,(H2-2,31,32,33,34,35,36,37,38)/p+2. The molecule has 0 saturated carbocycles. The normalized spacial score (nSPS) is 10.6. The third-order valence-electron chi connectivity index (χ3n) is 5.82. The number of carboxylic acids is 4. The molecule has 38 heavy (non-hydrogen) atoms. The minimum absolute atomic E-state index is 0.0939. The maximum atomic E-state index is 11.3. The van der Waals surface area contributed by atoms with Crippen molar-refractivity contribution >= 4 is 23.9 Å². The number of nitrogens with zero attached hydrogens (tertiary/aromatic N) is 2. The first kappa shape index (κ1) is 25.7. The second kappa shape index (κ2) is 10.7. The molecule has 0 spiro atoms. The molecule has 0 fully saturated rings. The highest BCUT2D eigenvalue weighted by atomic mass is 16.4. The molecule has 2 aromatic heterocycles. The predicted molar refractivity (Wildman–Crippen MR) is 131 cm³/mol. The van der Waals surface area contributed by atoms with Gasteiger partial charge in [-0.3, -0.25) is 0 Å². The van der Waals surface area contributed by atoms with Crippen LogP contribution in [0.2, 0.25) is 0 Å². The maximum absolute atomic E-state index is 11.3. The van der Waals surface area contributed by atoms with Gasteiger partial charge in [0.1, 0.15) is 0 Å². The van der Waals surface area contributed by atoms with Gasteiger partial charge in [0, 0.05) is 35.4 Å². The van der Waals surface area contributed by atoms with Crippen molar-refractivity contribution in [1.82, 2.24) is 0 Å². The fourth-order valence-corrected chi connectivity index (χ4v) is 3.99. The first-order chi connectivity index (χ1) is 18.1. The second-order valence-corrected chi connectivity index (χ2v) is 8.58. The zero-order valence-corrected chi connectivity index (χ0v) is 19.8. The van der Waals surface area contributed by atoms with Gasteiger partial charge < -0.3 is 20.4 Å². The number of carboxylic acid groups (broad SMARTS) is 4. The van der Waals surface area contributed by atoms with Gasteiger partial charge in [-0.15, -0.1) is 0 Å². The smallest absolute Gasteiger partial charge is 0.335 e. The van der Waals surface area contributed by atoms with Crippen LogP contribution in [-0.4, -0.2) is 44.3 Å². The molecule has 0 atom stereocenters. The minimum Gasteiger partial charge on any atom is -0.478 e. The third-order valence-corrected chi connectivity index (χ3v) is 5.82. The quantitative estimate of drug-likeness (QED) is 0.248. The van der Waals surface area contributed by atoms with Gasteiger partial charge >= 0.3 is 23.9 Å². The average molecular weight is 514 g/mol. The van der Waals surface area contributed by atoms with Crippen LogP contribution < -0.4 is 9.13 Å². The summed E-state index contributed by atoms with van der Waals surface area (Å²) < 4.78 is 3.60. The largest absolute Gasteiger partial charge is 0.478 e. The molecule has 4 rings (SSSR count). The Bertz CT molecular complexity index is 1380. The lowest BCUT2D eigenvalue weighted by atomic mass is 10.0. The van der Waals surface area contributed by atoms with Gasteiger partial charge in [0.25, 0.3) is 0 Å². The predicted octanol–water partition coefficient (Wildman–Crippen LogP) is 2.82. The number of rotatable bonds is 9. The van der Waals surface area contributed by atoms with Gasteiger partial charge in [-0.05, 0) is 47.5 Å². The van der Waals surface area contributed by atoms with Crippen LogP contribution in [-0.2, 0) is 13.1 Å². The first-order valence-corrected chi connectivity index (χ1v) is 11.3. The monoisotopic (exact) mass is 514 g/mol. The molecule has 10 nitrogen and oxygen atoms in total. The molecular weight excluding hydrogens is 492 g/mol. The van der Waals surface area contributed by atoms with Crippen LogP contribution in [0.15, 0.2) is 85.5 Å². The zero-order valence-electron chi connectivity index (χ0n) is 19.8. The molecule has 4 aromatic rings. The summed E-state index contributed by atoms with van der Waals surface area (Å²) in [6, 6.07) is 15.5. The van der Waals surface area contributed by atoms with Crippen LogP contribution in [0.3, 0.4) is 0 Å². The average Bonchev–Trinajstić information content (AvgIpc) is 2.89. The van der Waals surface area contributed by atoms with Gasteiger partial charge in [-0.25, -0.2) is 28.3 Å². The van der Waals surface area contributed by atoms with Crippen molar-refractivity contribution in [2.45, 2.75) is 13.1 Å². The van der Waals surface area contributed by atoms with E-state index >= 15 is 0 Å². The van der Waals surface area contributed by atoms with Crippen LogP contribution in [0, 0.1) is 0 Å². The molecule has 2 heterocycles. The Morgan fingerprint density at radius 1 is 0.474 bits per heavy atom. The van der Waals surface area contributed by atoms with Gasteiger partial charge in [0.15, 0.2) is 37.9 Å². The van der Waals surface area contributed by atoms with Crippen molar-refractivity contribution in [2.75, 3.05) is 0 Å². The molecule has 0 aliphatic carbocycles. The lowest BCUT2D eigenvalue weighted by molar-refractivity contribution is -0.688. The number of hydrogen-bond acceptors (Lipinski definition) is 4. The molecule has 0 radical (unpaired) electrons. The Morgan fingerprint density at radius 3 is 0.974 bits per heavy atom. The Hall–Kier alpha value is -5.38. The molecule has 4 N–H and O–H groups in total. The van der Waals surface area contributed by atoms with Crippen molar-refractivity contribution in [3.8, 4) is 11.1 Å². The fraction of sp³-hybridized carbons (Fsp3) is 0.0714. The van der Waals surface area contributed by atoms with E-state index in [1.54, 1.807) is 33.9 Å². The van der Waals surface area contributed by atoms with E-state index in [2.05, 4.69) is 0 Å². The highest BCUT2D eigenvalue weighted by molar-refractivity contribution is 5.94. The fourth-order valence-electron chi connectivity index (χ4n) is 3.99. The zero-order chi connectivity index (χ0) is 27.4. The van der Waals surface area contributed by atoms with E-state index in [4.69, 9.17) is 0 Å². The van der Waals surface area contributed by atoms with E-state index < -0.39 is 23.9 Å². The summed E-state index contributed by atoms with van der Waals surface area (Å²) >= 11 is 0. The van der Waals surface area contributed by atoms with E-state index in [1.165, 1.54) is 24.3 Å². The molecule has 0 unspecified atom stereocenters. The van der Waals surface area contributed by atoms with Crippen molar-refractivity contribution in [1.29, 1.82) is 0 Å². The molecule has 0 amide bonds. The number of hydrogen-bond donors (Lipinski definition) is 4. The molecule has 10 heteroatoms. The Kier molecular flexibility index (Phi) is 7.24. The van der Waals surface area contributed by atoms with E-state index in [0.717, 1.165) is 23.3 Å². The molecule has 0 aliphatic heterocycles. The van der Waals surface area contributed by atoms with E-state index in [-0.39, 0.29) is 35.3 Å². The Labute approximate surface area is 215 Å². The van der Waals surface area contributed by atoms with Gasteiger partial charge in [-0.1, -0.05) is 0 Å². The van der Waals surface area contributed by atoms with E-state index in [9.17, 15) is 39.6 Å². The highest BCUT2D eigenvalue weighted by Gasteiger charge is 2.16. The molecule has 2 aromatic carbocycles. The SMILES string of the molecule is O=C(O)c1cc(C[n+]2ccc(-c3cc[n+](Cc4cc(C(=O)O)cc(C(=O)O)c4)cc3)cc2)cc(C(=O)O)c1. The van der Waals surface area contributed by atoms with Crippen molar-refractivity contribution in [3.05, 3.63) is 119 Å². The Balaban J connectivity index is 1.50. The topological polar surface area (TPSA) is 157 Å². The van der Waals surface area contributed by atoms with Crippen LogP contribution in [0.1, 0.15) is 52.6 Å². The molecule has 0 saturated heterocycles. The third kappa shape index (κ3) is 6.05. The molecule has 0 bridgehead atoms. The number of aromatic carboxylic acids is 4. The molecule has 190 valence electrons. The summed E-state index contributed by atoms with van der Waals surface area (Å²) in [6.07, 6.45) is 7.20. The first-order valence-electron chi connectivity index (χ1n) is 11.3. The number of aromatic nitrogens is 2. The summed E-state index contributed by atoms with van der Waals surface area (Å²) in [5, 5.41) is 37.1. The summed E-state index contributed by atoms with van der Waals surface area (Å²) in [6.45, 7) is 0.564. The van der Waals surface area contributed by atoms with E-state index in [1.807, 2.05) is 24.3 Å². The number of pyridine rings is 2. The van der Waals surface area contributed by atoms with Crippen LogP contribution in [0.5, 0.6) is 0 Å². The number of carbonyl (C=O) groups is 4. The van der Waals surface area contributed by atoms with Crippen molar-refractivity contribution < 1.29 is 48.7 Å². The Morgan fingerprint density at radius 2 is 0.737 bits per heavy atom. The number of benzene rings is 2. The highest BCUT2D eigenvalue weighted by Crippen LogP contribution is 2.17. The van der Waals surface area contributed by atoms with Gasteiger partial charge in [-0.2, -0.15) is 0 Å². The second-order valence-electron chi connectivity index (χ2n) is 8.58. The van der Waals surface area contributed by atoms with E-state index in [0.29, 0.717) is 11.1 Å². The summed E-state index contributed by atoms with van der Waals surface area (Å²) in [4.78, 5) is 45.4. The van der Waals surface area contributed by atoms with Gasteiger partial charge in [0.2, 0.25) is 0 Å². The van der Waals surface area contributed by atoms with Crippen LogP contribution in [0.4, 0.5) is 0 Å².